The number of nitrogens with zero attached hydrogens (tertiary/aromatic N) is 2. The smallest absolute Gasteiger partial charge is 0.412 e. The van der Waals surface area contributed by atoms with Crippen molar-refractivity contribution in [3.8, 4) is 0 Å². The van der Waals surface area contributed by atoms with E-state index in [1.165, 1.54) is 24.5 Å². The monoisotopic (exact) mass is 456 g/mol. The number of ether oxygens (including phenoxy) is 1. The molecule has 4 aromatic rings. The van der Waals surface area contributed by atoms with Gasteiger partial charge in [-0.3, -0.25) is 24.1 Å². The summed E-state index contributed by atoms with van der Waals surface area (Å²) in [6.45, 7) is -0.149. The first kappa shape index (κ1) is 22.4. The van der Waals surface area contributed by atoms with Crippen LogP contribution in [0.2, 0.25) is 0 Å². The largest absolute Gasteiger partial charge is 0.444 e. The average molecular weight is 456 g/mol. The van der Waals surface area contributed by atoms with Crippen molar-refractivity contribution >= 4 is 29.1 Å². The number of carbonyl (C=O) groups is 3. The number of Topliss-reactive ketones (excluding diaryl/α,β-unsaturated/α-hetero) is 1. The summed E-state index contributed by atoms with van der Waals surface area (Å²) in [7, 11) is 0. The Labute approximate surface area is 194 Å². The third kappa shape index (κ3) is 5.33. The van der Waals surface area contributed by atoms with E-state index in [9.17, 15) is 19.2 Å². The molecule has 9 nitrogen and oxygen atoms in total. The van der Waals surface area contributed by atoms with E-state index >= 15 is 0 Å². The summed E-state index contributed by atoms with van der Waals surface area (Å²) in [5.74, 6) is -0.771. The van der Waals surface area contributed by atoms with E-state index < -0.39 is 17.6 Å². The fraction of sp³-hybridized carbons (Fsp3) is 0.0800. The van der Waals surface area contributed by atoms with Gasteiger partial charge in [0.15, 0.2) is 5.78 Å². The lowest BCUT2D eigenvalue weighted by Gasteiger charge is -2.09. The van der Waals surface area contributed by atoms with E-state index in [0.717, 1.165) is 9.96 Å². The van der Waals surface area contributed by atoms with Gasteiger partial charge in [-0.2, -0.15) is 0 Å². The molecule has 9 heteroatoms. The van der Waals surface area contributed by atoms with Crippen molar-refractivity contribution in [2.75, 3.05) is 11.9 Å². The zero-order valence-electron chi connectivity index (χ0n) is 17.9. The van der Waals surface area contributed by atoms with Gasteiger partial charge in [-0.1, -0.05) is 60.7 Å². The van der Waals surface area contributed by atoms with Crippen LogP contribution in [0.5, 0.6) is 0 Å². The van der Waals surface area contributed by atoms with Gasteiger partial charge in [0.1, 0.15) is 17.9 Å². The predicted octanol–water partition coefficient (Wildman–Crippen LogP) is 3.06. The number of aromatic nitrogens is 2. The maximum Gasteiger partial charge on any atom is 0.412 e. The molecule has 0 bridgehead atoms. The van der Waals surface area contributed by atoms with Crippen LogP contribution in [0.1, 0.15) is 26.3 Å². The number of rotatable bonds is 7. The highest BCUT2D eigenvalue weighted by Gasteiger charge is 2.13. The number of amides is 2. The number of ketones is 1. The van der Waals surface area contributed by atoms with Crippen LogP contribution in [0.3, 0.4) is 0 Å². The van der Waals surface area contributed by atoms with Crippen LogP contribution in [-0.2, 0) is 11.3 Å². The number of anilines is 1. The second-order valence-corrected chi connectivity index (χ2v) is 7.28. The van der Waals surface area contributed by atoms with Gasteiger partial charge in [-0.15, -0.1) is 0 Å². The molecular weight excluding hydrogens is 436 g/mol. The van der Waals surface area contributed by atoms with Gasteiger partial charge < -0.3 is 10.1 Å². The molecule has 2 aromatic heterocycles. The summed E-state index contributed by atoms with van der Waals surface area (Å²) in [4.78, 5) is 53.8. The molecule has 2 heterocycles. The molecule has 0 saturated carbocycles. The van der Waals surface area contributed by atoms with Crippen LogP contribution < -0.4 is 16.2 Å². The Hall–Kier alpha value is -4.79. The van der Waals surface area contributed by atoms with E-state index in [0.29, 0.717) is 5.56 Å². The minimum Gasteiger partial charge on any atom is -0.444 e. The maximum absolute atomic E-state index is 12.8. The Morgan fingerprint density at radius 2 is 1.59 bits per heavy atom. The molecule has 0 radical (unpaired) electrons. The van der Waals surface area contributed by atoms with Gasteiger partial charge >= 0.3 is 6.09 Å². The van der Waals surface area contributed by atoms with Crippen LogP contribution in [0, 0.1) is 0 Å². The Bertz CT molecular complexity index is 1400. The number of pyridine rings is 1. The van der Waals surface area contributed by atoms with E-state index in [-0.39, 0.29) is 35.8 Å². The summed E-state index contributed by atoms with van der Waals surface area (Å²) in [5.41, 5.74) is 1.03. The Kier molecular flexibility index (Phi) is 6.73. The number of nitrogens with one attached hydrogen (secondary N) is 2. The van der Waals surface area contributed by atoms with E-state index in [2.05, 4.69) is 15.6 Å². The maximum atomic E-state index is 12.8. The molecule has 0 unspecified atom stereocenters. The van der Waals surface area contributed by atoms with Gasteiger partial charge in [-0.05, 0) is 17.7 Å². The molecule has 0 aliphatic rings. The molecule has 34 heavy (non-hydrogen) atoms. The second kappa shape index (κ2) is 10.2. The first-order valence-corrected chi connectivity index (χ1v) is 10.4. The minimum atomic E-state index is -0.809. The SMILES string of the molecule is O=C(Nc1cnc2ccc(C(=O)NCC(=O)c3ccccc3)cn2c1=O)OCc1ccccc1. The van der Waals surface area contributed by atoms with E-state index in [4.69, 9.17) is 4.74 Å². The summed E-state index contributed by atoms with van der Waals surface area (Å²) < 4.78 is 6.27. The Morgan fingerprint density at radius 3 is 2.32 bits per heavy atom. The van der Waals surface area contributed by atoms with Gasteiger partial charge in [0.2, 0.25) is 0 Å². The lowest BCUT2D eigenvalue weighted by Crippen LogP contribution is -2.30. The fourth-order valence-corrected chi connectivity index (χ4v) is 3.15. The number of fused-ring (bicyclic) bond motifs is 1. The van der Waals surface area contributed by atoms with Crippen LogP contribution in [0.15, 0.2) is 90.0 Å². The highest BCUT2D eigenvalue weighted by molar-refractivity contribution is 6.02. The lowest BCUT2D eigenvalue weighted by atomic mass is 10.1. The van der Waals surface area contributed by atoms with Crippen molar-refractivity contribution < 1.29 is 19.1 Å². The topological polar surface area (TPSA) is 119 Å². The summed E-state index contributed by atoms with van der Waals surface area (Å²) in [5, 5.41) is 4.92. The molecule has 0 saturated heterocycles. The van der Waals surface area contributed by atoms with E-state index in [1.54, 1.807) is 42.5 Å². The van der Waals surface area contributed by atoms with E-state index in [1.807, 2.05) is 18.2 Å². The summed E-state index contributed by atoms with van der Waals surface area (Å²) in [6.07, 6.45) is 1.71. The first-order chi connectivity index (χ1) is 16.5. The predicted molar refractivity (Wildman–Crippen MR) is 125 cm³/mol. The van der Waals surface area contributed by atoms with Crippen molar-refractivity contribution in [1.29, 1.82) is 0 Å². The normalized spacial score (nSPS) is 10.5. The number of carbonyl (C=O) groups excluding carboxylic acids is 3. The van der Waals surface area contributed by atoms with Crippen molar-refractivity contribution in [2.45, 2.75) is 6.61 Å². The van der Waals surface area contributed by atoms with Crippen molar-refractivity contribution in [3.05, 3.63) is 112 Å². The van der Waals surface area contributed by atoms with Crippen molar-refractivity contribution in [1.82, 2.24) is 14.7 Å². The standard InChI is InChI=1S/C25H20N4O5/c30-21(18-9-5-2-6-10-18)14-27-23(31)19-11-12-22-26-13-20(24(32)29(22)15-19)28-25(33)34-16-17-7-3-1-4-8-17/h1-13,15H,14,16H2,(H,27,31)(H,28,33). The van der Waals surface area contributed by atoms with Gasteiger partial charge in [0.05, 0.1) is 18.3 Å². The second-order valence-electron chi connectivity index (χ2n) is 7.28. The number of hydrogen-bond donors (Lipinski definition) is 2. The molecule has 0 fully saturated rings. The van der Waals surface area contributed by atoms with Crippen LogP contribution in [0.4, 0.5) is 10.5 Å². The molecule has 2 N–H and O–H groups in total. The first-order valence-electron chi connectivity index (χ1n) is 10.4. The van der Waals surface area contributed by atoms with Gasteiger partial charge in [0, 0.05) is 11.8 Å². The zero-order chi connectivity index (χ0) is 23.9. The van der Waals surface area contributed by atoms with Crippen molar-refractivity contribution in [2.24, 2.45) is 0 Å². The molecule has 0 atom stereocenters. The van der Waals surface area contributed by atoms with Gasteiger partial charge in [0.25, 0.3) is 11.5 Å². The molecule has 0 spiro atoms. The Morgan fingerprint density at radius 1 is 0.882 bits per heavy atom. The molecule has 4 rings (SSSR count). The fourth-order valence-electron chi connectivity index (χ4n) is 3.15. The third-order valence-electron chi connectivity index (χ3n) is 4.92. The molecule has 0 aliphatic heterocycles. The van der Waals surface area contributed by atoms with Crippen LogP contribution in [0.25, 0.3) is 5.65 Å². The molecule has 0 aliphatic carbocycles. The number of benzene rings is 2. The number of hydrogen-bond acceptors (Lipinski definition) is 6. The van der Waals surface area contributed by atoms with Gasteiger partial charge in [-0.25, -0.2) is 9.78 Å². The zero-order valence-corrected chi connectivity index (χ0v) is 17.9. The average Bonchev–Trinajstić information content (AvgIpc) is 2.88. The third-order valence-corrected chi connectivity index (χ3v) is 4.92. The van der Waals surface area contributed by atoms with Crippen molar-refractivity contribution in [3.63, 3.8) is 0 Å². The molecular formula is C25H20N4O5. The molecule has 170 valence electrons. The highest BCUT2D eigenvalue weighted by Crippen LogP contribution is 2.07. The van der Waals surface area contributed by atoms with Crippen LogP contribution >= 0.6 is 0 Å². The quantitative estimate of drug-likeness (QED) is 0.413. The summed E-state index contributed by atoms with van der Waals surface area (Å²) >= 11 is 0. The molecule has 2 amide bonds. The van der Waals surface area contributed by atoms with Crippen LogP contribution in [-0.4, -0.2) is 33.7 Å². The lowest BCUT2D eigenvalue weighted by molar-refractivity contribution is 0.0904. The summed E-state index contributed by atoms with van der Waals surface area (Å²) in [6, 6.07) is 20.7. The minimum absolute atomic E-state index is 0.0427. The highest BCUT2D eigenvalue weighted by atomic mass is 16.5. The Balaban J connectivity index is 1.44. The molecule has 2 aromatic carbocycles.